The number of fused-ring (bicyclic) bond motifs is 1. The summed E-state index contributed by atoms with van der Waals surface area (Å²) in [5.41, 5.74) is 10.6. The highest BCUT2D eigenvalue weighted by molar-refractivity contribution is 5.90. The van der Waals surface area contributed by atoms with Gasteiger partial charge in [0, 0.05) is 50.7 Å². The first-order valence-electron chi connectivity index (χ1n) is 12.3. The van der Waals surface area contributed by atoms with Crippen molar-refractivity contribution in [1.29, 1.82) is 0 Å². The molecule has 3 aromatic heterocycles. The third-order valence-electron chi connectivity index (χ3n) is 6.98. The number of anilines is 2. The molecule has 1 saturated heterocycles. The fraction of sp³-hybridized carbons (Fsp3) is 0.360. The number of primary amides is 1. The Balaban J connectivity index is 1.35. The van der Waals surface area contributed by atoms with Crippen LogP contribution < -0.4 is 11.1 Å². The predicted molar refractivity (Wildman–Crippen MR) is 135 cm³/mol. The Morgan fingerprint density at radius 2 is 2.14 bits per heavy atom. The van der Waals surface area contributed by atoms with E-state index in [0.717, 1.165) is 61.7 Å². The zero-order chi connectivity index (χ0) is 25.4. The summed E-state index contributed by atoms with van der Waals surface area (Å²) in [6.07, 6.45) is 8.83. The number of amides is 1. The molecule has 0 unspecified atom stereocenters. The lowest BCUT2D eigenvalue weighted by Gasteiger charge is -2.26. The number of nitrogens with one attached hydrogen (secondary N) is 1. The fourth-order valence-corrected chi connectivity index (χ4v) is 5.10. The summed E-state index contributed by atoms with van der Waals surface area (Å²) >= 11 is 0. The number of aryl methyl sites for hydroxylation is 1. The molecule has 12 nitrogen and oxygen atoms in total. The maximum atomic E-state index is 11.6. The van der Waals surface area contributed by atoms with Gasteiger partial charge in [0.15, 0.2) is 5.69 Å². The van der Waals surface area contributed by atoms with E-state index in [-0.39, 0.29) is 11.7 Å². The van der Waals surface area contributed by atoms with Crippen LogP contribution >= 0.6 is 0 Å². The quantitative estimate of drug-likeness (QED) is 0.406. The molecular weight excluding hydrogens is 472 g/mol. The van der Waals surface area contributed by atoms with Crippen molar-refractivity contribution in [3.63, 3.8) is 0 Å². The van der Waals surface area contributed by atoms with Gasteiger partial charge in [-0.2, -0.15) is 5.10 Å². The van der Waals surface area contributed by atoms with Gasteiger partial charge in [-0.05, 0) is 36.1 Å². The zero-order valence-corrected chi connectivity index (χ0v) is 20.5. The number of ether oxygens (including phenoxy) is 1. The van der Waals surface area contributed by atoms with Crippen LogP contribution in [0.15, 0.2) is 49.1 Å². The standard InChI is InChI=1S/C25H28N10O2/c1-33-13-18(11-28-33)29-25-27-7-4-21(30-25)16-2-3-20-17(10-16)12-34(19-6-9-37-15-19)8-5-23(20)35-14-22(24(26)36)31-32-35/h2-4,7,10-11,13-14,19,23H,5-6,8-9,12,15H2,1H3,(H2,26,36)(H,27,29,30)/t19-,23-/m1/s1. The lowest BCUT2D eigenvalue weighted by atomic mass is 9.96. The molecule has 190 valence electrons. The monoisotopic (exact) mass is 500 g/mol. The van der Waals surface area contributed by atoms with Gasteiger partial charge in [-0.25, -0.2) is 14.6 Å². The van der Waals surface area contributed by atoms with Crippen molar-refractivity contribution in [1.82, 2.24) is 39.6 Å². The van der Waals surface area contributed by atoms with Gasteiger partial charge in [0.1, 0.15) is 0 Å². The Morgan fingerprint density at radius 3 is 2.89 bits per heavy atom. The molecule has 6 rings (SSSR count). The number of nitrogens with zero attached hydrogens (tertiary/aromatic N) is 8. The lowest BCUT2D eigenvalue weighted by molar-refractivity contribution is 0.0995. The largest absolute Gasteiger partial charge is 0.380 e. The number of hydrogen-bond donors (Lipinski definition) is 2. The van der Waals surface area contributed by atoms with Crippen LogP contribution in [-0.2, 0) is 18.3 Å². The molecule has 4 aromatic rings. The van der Waals surface area contributed by atoms with Crippen LogP contribution in [0, 0.1) is 0 Å². The molecule has 12 heteroatoms. The molecular formula is C25H28N10O2. The van der Waals surface area contributed by atoms with Crippen LogP contribution in [0.25, 0.3) is 11.3 Å². The first-order valence-corrected chi connectivity index (χ1v) is 12.3. The van der Waals surface area contributed by atoms with E-state index in [2.05, 4.69) is 48.8 Å². The van der Waals surface area contributed by atoms with E-state index < -0.39 is 5.91 Å². The molecule has 37 heavy (non-hydrogen) atoms. The minimum absolute atomic E-state index is 0.0646. The van der Waals surface area contributed by atoms with Crippen molar-refractivity contribution in [2.24, 2.45) is 12.8 Å². The molecule has 5 heterocycles. The molecule has 2 aliphatic heterocycles. The molecule has 0 aliphatic carbocycles. The molecule has 3 N–H and O–H groups in total. The van der Waals surface area contributed by atoms with Crippen LogP contribution in [0.5, 0.6) is 0 Å². The van der Waals surface area contributed by atoms with Crippen LogP contribution in [0.2, 0.25) is 0 Å². The number of nitrogens with two attached hydrogens (primary N) is 1. The van der Waals surface area contributed by atoms with Crippen molar-refractivity contribution in [2.45, 2.75) is 31.5 Å². The minimum atomic E-state index is -0.584. The second-order valence-electron chi connectivity index (χ2n) is 9.45. The van der Waals surface area contributed by atoms with Gasteiger partial charge in [-0.3, -0.25) is 14.4 Å². The Bertz CT molecular complexity index is 1420. The fourth-order valence-electron chi connectivity index (χ4n) is 5.10. The van der Waals surface area contributed by atoms with Gasteiger partial charge >= 0.3 is 0 Å². The molecule has 1 aromatic carbocycles. The summed E-state index contributed by atoms with van der Waals surface area (Å²) in [4.78, 5) is 23.2. The topological polar surface area (TPSA) is 142 Å². The van der Waals surface area contributed by atoms with E-state index in [4.69, 9.17) is 15.5 Å². The molecule has 0 saturated carbocycles. The summed E-state index contributed by atoms with van der Waals surface area (Å²) in [6, 6.07) is 8.61. The Labute approximate surface area is 213 Å². The maximum absolute atomic E-state index is 11.6. The highest BCUT2D eigenvalue weighted by atomic mass is 16.5. The van der Waals surface area contributed by atoms with Crippen LogP contribution in [-0.4, -0.2) is 71.3 Å². The van der Waals surface area contributed by atoms with E-state index in [0.29, 0.717) is 12.0 Å². The van der Waals surface area contributed by atoms with Crippen molar-refractivity contribution in [3.05, 3.63) is 65.9 Å². The Morgan fingerprint density at radius 1 is 1.22 bits per heavy atom. The highest BCUT2D eigenvalue weighted by Crippen LogP contribution is 2.34. The number of rotatable bonds is 6. The summed E-state index contributed by atoms with van der Waals surface area (Å²) < 4.78 is 9.16. The summed E-state index contributed by atoms with van der Waals surface area (Å²) in [5, 5.41) is 15.6. The van der Waals surface area contributed by atoms with Crippen LogP contribution in [0.4, 0.5) is 11.6 Å². The average molecular weight is 501 g/mol. The Hall–Kier alpha value is -4.16. The second kappa shape index (κ2) is 9.71. The van der Waals surface area contributed by atoms with E-state index in [9.17, 15) is 4.79 Å². The molecule has 1 fully saturated rings. The third kappa shape index (κ3) is 4.80. The number of aromatic nitrogens is 7. The third-order valence-corrected chi connectivity index (χ3v) is 6.98. The highest BCUT2D eigenvalue weighted by Gasteiger charge is 2.30. The first-order chi connectivity index (χ1) is 18.0. The van der Waals surface area contributed by atoms with Crippen molar-refractivity contribution < 1.29 is 9.53 Å². The summed E-state index contributed by atoms with van der Waals surface area (Å²) in [7, 11) is 1.86. The molecule has 0 radical (unpaired) electrons. The SMILES string of the molecule is Cn1cc(Nc2nccc(-c3ccc4c(c3)CN([C@@H]3CCOC3)CC[C@H]4n3cc(C(N)=O)nn3)n2)cn1. The van der Waals surface area contributed by atoms with Gasteiger partial charge < -0.3 is 15.8 Å². The second-order valence-corrected chi connectivity index (χ2v) is 9.45. The zero-order valence-electron chi connectivity index (χ0n) is 20.5. The number of hydrogen-bond acceptors (Lipinski definition) is 9. The maximum Gasteiger partial charge on any atom is 0.270 e. The van der Waals surface area contributed by atoms with E-state index in [1.165, 1.54) is 5.56 Å². The number of carbonyl (C=O) groups excluding carboxylic acids is 1. The van der Waals surface area contributed by atoms with Crippen LogP contribution in [0.3, 0.4) is 0 Å². The minimum Gasteiger partial charge on any atom is -0.380 e. The smallest absolute Gasteiger partial charge is 0.270 e. The molecule has 0 bridgehead atoms. The van der Waals surface area contributed by atoms with Gasteiger partial charge in [0.25, 0.3) is 5.91 Å². The van der Waals surface area contributed by atoms with Crippen LogP contribution in [0.1, 0.15) is 40.5 Å². The molecule has 0 spiro atoms. The average Bonchev–Trinajstić information content (AvgIpc) is 3.65. The lowest BCUT2D eigenvalue weighted by Crippen LogP contribution is -2.35. The molecule has 2 aliphatic rings. The normalized spacial score (nSPS) is 19.9. The van der Waals surface area contributed by atoms with E-state index in [1.807, 2.05) is 19.3 Å². The van der Waals surface area contributed by atoms with Crippen molar-refractivity contribution in [3.8, 4) is 11.3 Å². The summed E-state index contributed by atoms with van der Waals surface area (Å²) in [5.74, 6) is -0.0794. The first kappa shape index (κ1) is 23.3. The van der Waals surface area contributed by atoms with E-state index in [1.54, 1.807) is 28.0 Å². The predicted octanol–water partition coefficient (Wildman–Crippen LogP) is 1.90. The van der Waals surface area contributed by atoms with Crippen molar-refractivity contribution >= 4 is 17.5 Å². The van der Waals surface area contributed by atoms with Crippen molar-refractivity contribution in [2.75, 3.05) is 25.1 Å². The van der Waals surface area contributed by atoms with Gasteiger partial charge in [0.05, 0.1) is 36.4 Å². The molecule has 1 amide bonds. The molecule has 2 atom stereocenters. The van der Waals surface area contributed by atoms with Gasteiger partial charge in [-0.1, -0.05) is 17.3 Å². The van der Waals surface area contributed by atoms with Gasteiger partial charge in [-0.15, -0.1) is 5.10 Å². The number of carbonyl (C=O) groups is 1. The van der Waals surface area contributed by atoms with Gasteiger partial charge in [0.2, 0.25) is 5.95 Å². The Kier molecular flexibility index (Phi) is 6.10. The number of benzene rings is 1. The van der Waals surface area contributed by atoms with E-state index >= 15 is 0 Å². The summed E-state index contributed by atoms with van der Waals surface area (Å²) in [6.45, 7) is 3.19.